The van der Waals surface area contributed by atoms with Crippen LogP contribution in [-0.4, -0.2) is 59.8 Å². The topological polar surface area (TPSA) is 137 Å². The molecule has 1 aliphatic carbocycles. The normalized spacial score (nSPS) is 18.7. The molecule has 156 valence electrons. The quantitative estimate of drug-likeness (QED) is 0.197. The van der Waals surface area contributed by atoms with Crippen molar-refractivity contribution in [3.63, 3.8) is 0 Å². The maximum Gasteiger partial charge on any atom is 0.342 e. The number of nitrogens with zero attached hydrogens (tertiary/aromatic N) is 1. The average Bonchev–Trinajstić information content (AvgIpc) is 2.65. The third-order valence-corrected chi connectivity index (χ3v) is 4.15. The summed E-state index contributed by atoms with van der Waals surface area (Å²) in [5.41, 5.74) is 0.477. The molecule has 0 saturated carbocycles. The molecule has 0 saturated heterocycles. The molecule has 0 aromatic carbocycles. The van der Waals surface area contributed by atoms with Crippen molar-refractivity contribution in [2.75, 3.05) is 13.2 Å². The number of hydrogen-bond donors (Lipinski definition) is 4. The molecule has 0 fully saturated rings. The van der Waals surface area contributed by atoms with Crippen LogP contribution in [0.4, 0.5) is 4.79 Å². The molecule has 9 heteroatoms. The number of aliphatic hydroxyl groups is 2. The largest absolute Gasteiger partial charge is 0.462 e. The van der Waals surface area contributed by atoms with E-state index in [1.807, 2.05) is 13.8 Å². The Hall–Kier alpha value is -2.52. The van der Waals surface area contributed by atoms with Gasteiger partial charge in [0.05, 0.1) is 30.0 Å². The molecule has 3 atom stereocenters. The van der Waals surface area contributed by atoms with Gasteiger partial charge in [0.25, 0.3) is 5.91 Å². The number of ether oxygens (including phenoxy) is 1. The number of nitrogens with one attached hydrogen (secondary N) is 2. The summed E-state index contributed by atoms with van der Waals surface area (Å²) in [6.45, 7) is 5.32. The number of aliphatic hydroxyl groups excluding tert-OH is 2. The van der Waals surface area contributed by atoms with Crippen LogP contribution in [0.25, 0.3) is 0 Å². The molecule has 3 unspecified atom stereocenters. The third-order valence-electron chi connectivity index (χ3n) is 4.15. The highest BCUT2D eigenvalue weighted by Crippen LogP contribution is 2.26. The van der Waals surface area contributed by atoms with Gasteiger partial charge in [0, 0.05) is 6.54 Å². The van der Waals surface area contributed by atoms with Gasteiger partial charge in [-0.25, -0.2) is 9.59 Å². The standard InChI is InChI=1S/C19H29N3O6/c1-4-5-9-28-18(26)16-12(2)7-6-8-14(16)17(25)21-11-22-19(27)20-10-15(24)13(3)23/h6,8,11-13,15,23-24H,4-5,7,9-10H2,1-3H3,(H2,20,21,22,25,27). The number of aliphatic imine (C=N–C) groups is 1. The minimum Gasteiger partial charge on any atom is -0.462 e. The number of urea groups is 1. The van der Waals surface area contributed by atoms with E-state index in [1.165, 1.54) is 6.92 Å². The Balaban J connectivity index is 2.70. The zero-order chi connectivity index (χ0) is 21.1. The lowest BCUT2D eigenvalue weighted by Crippen LogP contribution is -2.37. The smallest absolute Gasteiger partial charge is 0.342 e. The minimum atomic E-state index is -1.12. The van der Waals surface area contributed by atoms with Crippen LogP contribution < -0.4 is 10.6 Å². The first-order valence-corrected chi connectivity index (χ1v) is 9.33. The molecule has 0 spiro atoms. The highest BCUT2D eigenvalue weighted by atomic mass is 16.5. The van der Waals surface area contributed by atoms with E-state index in [1.54, 1.807) is 12.2 Å². The van der Waals surface area contributed by atoms with Crippen molar-refractivity contribution in [2.24, 2.45) is 10.9 Å². The summed E-state index contributed by atoms with van der Waals surface area (Å²) < 4.78 is 5.24. The maximum atomic E-state index is 12.4. The summed E-state index contributed by atoms with van der Waals surface area (Å²) in [6, 6.07) is -0.791. The molecule has 0 aromatic rings. The first kappa shape index (κ1) is 23.5. The molecule has 0 bridgehead atoms. The van der Waals surface area contributed by atoms with Gasteiger partial charge >= 0.3 is 12.0 Å². The van der Waals surface area contributed by atoms with E-state index in [0.29, 0.717) is 18.6 Å². The first-order chi connectivity index (χ1) is 13.3. The molecular formula is C19H29N3O6. The Labute approximate surface area is 164 Å². The van der Waals surface area contributed by atoms with Crippen LogP contribution in [0.5, 0.6) is 0 Å². The Kier molecular flexibility index (Phi) is 10.1. The highest BCUT2D eigenvalue weighted by molar-refractivity contribution is 6.09. The maximum absolute atomic E-state index is 12.4. The molecule has 4 N–H and O–H groups in total. The van der Waals surface area contributed by atoms with E-state index in [2.05, 4.69) is 15.6 Å². The molecule has 0 radical (unpaired) electrons. The highest BCUT2D eigenvalue weighted by Gasteiger charge is 2.27. The summed E-state index contributed by atoms with van der Waals surface area (Å²) in [5, 5.41) is 23.2. The minimum absolute atomic E-state index is 0.165. The lowest BCUT2D eigenvalue weighted by molar-refractivity contribution is -0.140. The van der Waals surface area contributed by atoms with Gasteiger partial charge in [0.15, 0.2) is 0 Å². The Bertz CT molecular complexity index is 654. The Morgan fingerprint density at radius 3 is 2.75 bits per heavy atom. The van der Waals surface area contributed by atoms with Crippen LogP contribution in [0.3, 0.4) is 0 Å². The van der Waals surface area contributed by atoms with Crippen molar-refractivity contribution in [1.82, 2.24) is 10.6 Å². The van der Waals surface area contributed by atoms with Crippen molar-refractivity contribution < 1.29 is 29.3 Å². The van der Waals surface area contributed by atoms with Gasteiger partial charge in [-0.2, -0.15) is 4.99 Å². The summed E-state index contributed by atoms with van der Waals surface area (Å²) in [4.78, 5) is 39.8. The van der Waals surface area contributed by atoms with E-state index in [0.717, 1.165) is 19.2 Å². The fourth-order valence-electron chi connectivity index (χ4n) is 2.39. The van der Waals surface area contributed by atoms with Crippen molar-refractivity contribution in [2.45, 2.75) is 52.2 Å². The predicted octanol–water partition coefficient (Wildman–Crippen LogP) is 0.818. The van der Waals surface area contributed by atoms with Gasteiger partial charge < -0.3 is 25.6 Å². The number of rotatable bonds is 9. The molecule has 9 nitrogen and oxygen atoms in total. The zero-order valence-electron chi connectivity index (χ0n) is 16.5. The lowest BCUT2D eigenvalue weighted by atomic mass is 9.88. The Morgan fingerprint density at radius 1 is 1.39 bits per heavy atom. The van der Waals surface area contributed by atoms with Crippen molar-refractivity contribution in [3.05, 3.63) is 23.3 Å². The predicted molar refractivity (Wildman–Crippen MR) is 104 cm³/mol. The summed E-state index contributed by atoms with van der Waals surface area (Å²) in [5.74, 6) is -1.26. The molecule has 0 aliphatic heterocycles. The number of carbonyl (C=O) groups is 3. The van der Waals surface area contributed by atoms with Crippen molar-refractivity contribution in [3.8, 4) is 0 Å². The van der Waals surface area contributed by atoms with Gasteiger partial charge in [0.2, 0.25) is 0 Å². The van der Waals surface area contributed by atoms with Crippen LogP contribution in [0.15, 0.2) is 28.3 Å². The molecule has 1 aliphatic rings. The number of hydrogen-bond acceptors (Lipinski definition) is 6. The number of amides is 3. The van der Waals surface area contributed by atoms with Gasteiger partial charge in [-0.3, -0.25) is 4.79 Å². The molecule has 28 heavy (non-hydrogen) atoms. The second-order valence-electron chi connectivity index (χ2n) is 6.58. The van der Waals surface area contributed by atoms with Gasteiger partial charge in [-0.1, -0.05) is 32.4 Å². The van der Waals surface area contributed by atoms with E-state index in [-0.39, 0.29) is 18.0 Å². The SMILES string of the molecule is CCCCOC(=O)C1=C(C(=O)NC=NC(=O)NCC(O)C(C)O)C=CCC1C. The van der Waals surface area contributed by atoms with E-state index in [9.17, 15) is 19.5 Å². The van der Waals surface area contributed by atoms with E-state index >= 15 is 0 Å². The summed E-state index contributed by atoms with van der Waals surface area (Å²) in [6.07, 6.45) is 4.41. The van der Waals surface area contributed by atoms with Crippen molar-refractivity contribution >= 4 is 24.2 Å². The second-order valence-corrected chi connectivity index (χ2v) is 6.58. The monoisotopic (exact) mass is 395 g/mol. The van der Waals surface area contributed by atoms with Crippen LogP contribution in [0.1, 0.15) is 40.0 Å². The van der Waals surface area contributed by atoms with Gasteiger partial charge in [0.1, 0.15) is 6.34 Å². The molecule has 3 amide bonds. The molecule has 0 aromatic heterocycles. The number of allylic oxidation sites excluding steroid dienone is 1. The lowest BCUT2D eigenvalue weighted by Gasteiger charge is -2.20. The second kappa shape index (κ2) is 12.0. The van der Waals surface area contributed by atoms with E-state index < -0.39 is 30.1 Å². The average molecular weight is 395 g/mol. The molecule has 1 rings (SSSR count). The number of esters is 1. The van der Waals surface area contributed by atoms with Crippen LogP contribution in [-0.2, 0) is 14.3 Å². The van der Waals surface area contributed by atoms with Crippen LogP contribution in [0, 0.1) is 5.92 Å². The molecule has 0 heterocycles. The molecular weight excluding hydrogens is 366 g/mol. The van der Waals surface area contributed by atoms with Crippen molar-refractivity contribution in [1.29, 1.82) is 0 Å². The number of carbonyl (C=O) groups excluding carboxylic acids is 3. The summed E-state index contributed by atoms with van der Waals surface area (Å²) in [7, 11) is 0. The summed E-state index contributed by atoms with van der Waals surface area (Å²) >= 11 is 0. The van der Waals surface area contributed by atoms with Gasteiger partial charge in [-0.05, 0) is 25.7 Å². The van der Waals surface area contributed by atoms with E-state index in [4.69, 9.17) is 9.84 Å². The van der Waals surface area contributed by atoms with Gasteiger partial charge in [-0.15, -0.1) is 0 Å². The van der Waals surface area contributed by atoms with Crippen LogP contribution >= 0.6 is 0 Å². The Morgan fingerprint density at radius 2 is 2.11 bits per heavy atom. The first-order valence-electron chi connectivity index (χ1n) is 9.33. The zero-order valence-corrected chi connectivity index (χ0v) is 16.5. The third kappa shape index (κ3) is 7.61. The fourth-order valence-corrected chi connectivity index (χ4v) is 2.39. The van der Waals surface area contributed by atoms with Crippen LogP contribution in [0.2, 0.25) is 0 Å². The number of unbranched alkanes of at least 4 members (excludes halogenated alkanes) is 1. The fraction of sp³-hybridized carbons (Fsp3) is 0.579.